The molecular formula is C21H25ClN2O3S2. The molecule has 5 nitrogen and oxygen atoms in total. The van der Waals surface area contributed by atoms with E-state index in [1.54, 1.807) is 30.6 Å². The molecular weight excluding hydrogens is 428 g/mol. The molecule has 0 aliphatic carbocycles. The number of hydrogen-bond donors (Lipinski definition) is 1. The maximum atomic E-state index is 11.9. The highest BCUT2D eigenvalue weighted by atomic mass is 35.5. The van der Waals surface area contributed by atoms with Crippen LogP contribution < -0.4 is 9.88 Å². The first-order valence-corrected chi connectivity index (χ1v) is 12.1. The third kappa shape index (κ3) is 5.28. The number of aryl methyl sites for hydroxylation is 1. The van der Waals surface area contributed by atoms with E-state index in [9.17, 15) is 8.42 Å². The fourth-order valence-corrected chi connectivity index (χ4v) is 5.49. The molecule has 0 spiro atoms. The Hall–Kier alpha value is -1.67. The Balaban J connectivity index is 1.67. The number of fused-ring (bicyclic) bond motifs is 1. The number of sulfonamides is 1. The molecule has 0 unspecified atom stereocenters. The van der Waals surface area contributed by atoms with Crippen molar-refractivity contribution in [2.24, 2.45) is 5.14 Å². The molecule has 1 heterocycles. The predicted octanol–water partition coefficient (Wildman–Crippen LogP) is 5.30. The van der Waals surface area contributed by atoms with Crippen LogP contribution in [0.4, 0.5) is 0 Å². The van der Waals surface area contributed by atoms with Crippen LogP contribution >= 0.6 is 22.9 Å². The number of primary sulfonamides is 1. The van der Waals surface area contributed by atoms with E-state index in [2.05, 4.69) is 13.8 Å². The van der Waals surface area contributed by atoms with Crippen molar-refractivity contribution in [3.8, 4) is 5.75 Å². The van der Waals surface area contributed by atoms with Crippen LogP contribution in [0.1, 0.15) is 43.7 Å². The molecule has 0 radical (unpaired) electrons. The molecule has 0 atom stereocenters. The molecule has 0 aliphatic rings. The van der Waals surface area contributed by atoms with E-state index in [4.69, 9.17) is 26.5 Å². The number of methoxy groups -OCH3 is 1. The highest BCUT2D eigenvalue weighted by molar-refractivity contribution is 7.89. The number of nitrogens with zero attached hydrogens (tertiary/aromatic N) is 1. The summed E-state index contributed by atoms with van der Waals surface area (Å²) in [6, 6.07) is 10.6. The van der Waals surface area contributed by atoms with Gasteiger partial charge in [0.05, 0.1) is 27.2 Å². The first kappa shape index (κ1) is 22.0. The van der Waals surface area contributed by atoms with E-state index >= 15 is 0 Å². The van der Waals surface area contributed by atoms with Gasteiger partial charge in [-0.1, -0.05) is 31.9 Å². The van der Waals surface area contributed by atoms with Crippen molar-refractivity contribution in [2.45, 2.75) is 49.8 Å². The third-order valence-corrected chi connectivity index (χ3v) is 7.63. The van der Waals surface area contributed by atoms with E-state index in [0.717, 1.165) is 39.5 Å². The number of unbranched alkanes of at least 4 members (excludes halogenated alkanes) is 1. The smallest absolute Gasteiger partial charge is 0.238 e. The Bertz CT molecular complexity index is 1120. The second-order valence-corrected chi connectivity index (χ2v) is 10.7. The number of halogens is 1. The zero-order valence-corrected chi connectivity index (χ0v) is 19.1. The molecule has 0 saturated heterocycles. The quantitative estimate of drug-likeness (QED) is 0.470. The van der Waals surface area contributed by atoms with Crippen molar-refractivity contribution in [1.82, 2.24) is 4.98 Å². The van der Waals surface area contributed by atoms with Crippen LogP contribution in [0.15, 0.2) is 41.3 Å². The first-order chi connectivity index (χ1) is 13.6. The molecule has 3 aromatic rings. The summed E-state index contributed by atoms with van der Waals surface area (Å²) in [5.41, 5.74) is 1.59. The lowest BCUT2D eigenvalue weighted by molar-refractivity contribution is 0.413. The van der Waals surface area contributed by atoms with Crippen LogP contribution in [0.5, 0.6) is 5.75 Å². The van der Waals surface area contributed by atoms with Gasteiger partial charge in [0.2, 0.25) is 10.0 Å². The summed E-state index contributed by atoms with van der Waals surface area (Å²) in [6.45, 7) is 4.38. The van der Waals surface area contributed by atoms with Crippen molar-refractivity contribution in [1.29, 1.82) is 0 Å². The fraction of sp³-hybridized carbons (Fsp3) is 0.381. The van der Waals surface area contributed by atoms with Crippen molar-refractivity contribution in [3.63, 3.8) is 0 Å². The minimum absolute atomic E-state index is 0.0761. The second-order valence-electron chi connectivity index (χ2n) is 7.74. The molecule has 156 valence electrons. The Labute approximate surface area is 180 Å². The lowest BCUT2D eigenvalue weighted by atomic mass is 9.87. The SMILES string of the molecule is COc1ccc(S(N)(=O)=O)c(CCCCC(C)(C)c2nc3ccc(Cl)cc3s2)c1. The standard InChI is InChI=1S/C21H25ClN2O3S2/c1-21(2,20-24-17-9-7-15(22)13-18(17)28-20)11-5-4-6-14-12-16(27-3)8-10-19(14)29(23,25)26/h7-10,12-13H,4-6,11H2,1-3H3,(H2,23,25,26). The van der Waals surface area contributed by atoms with Gasteiger partial charge in [-0.2, -0.15) is 0 Å². The van der Waals surface area contributed by atoms with Gasteiger partial charge in [-0.3, -0.25) is 0 Å². The number of nitrogens with two attached hydrogens (primary N) is 1. The van der Waals surface area contributed by atoms with E-state index in [0.29, 0.717) is 17.7 Å². The van der Waals surface area contributed by atoms with Crippen LogP contribution in [0, 0.1) is 0 Å². The van der Waals surface area contributed by atoms with Gasteiger partial charge in [-0.15, -0.1) is 11.3 Å². The molecule has 0 amide bonds. The largest absolute Gasteiger partial charge is 0.497 e. The number of benzene rings is 2. The highest BCUT2D eigenvalue weighted by Crippen LogP contribution is 2.36. The molecule has 8 heteroatoms. The summed E-state index contributed by atoms with van der Waals surface area (Å²) in [4.78, 5) is 4.95. The van der Waals surface area contributed by atoms with Crippen molar-refractivity contribution in [2.75, 3.05) is 7.11 Å². The van der Waals surface area contributed by atoms with Gasteiger partial charge >= 0.3 is 0 Å². The number of rotatable bonds is 8. The number of thiazole rings is 1. The first-order valence-electron chi connectivity index (χ1n) is 9.36. The minimum Gasteiger partial charge on any atom is -0.497 e. The Morgan fingerprint density at radius 2 is 1.93 bits per heavy atom. The van der Waals surface area contributed by atoms with Gasteiger partial charge in [0.1, 0.15) is 5.75 Å². The van der Waals surface area contributed by atoms with Gasteiger partial charge in [-0.05, 0) is 61.2 Å². The Morgan fingerprint density at radius 3 is 2.62 bits per heavy atom. The monoisotopic (exact) mass is 452 g/mol. The predicted molar refractivity (Wildman–Crippen MR) is 120 cm³/mol. The van der Waals surface area contributed by atoms with Gasteiger partial charge in [0, 0.05) is 10.4 Å². The minimum atomic E-state index is -3.76. The van der Waals surface area contributed by atoms with Crippen molar-refractivity contribution in [3.05, 3.63) is 52.0 Å². The molecule has 2 aromatic carbocycles. The second kappa shape index (κ2) is 8.60. The molecule has 0 aliphatic heterocycles. The lowest BCUT2D eigenvalue weighted by Gasteiger charge is -2.21. The zero-order valence-electron chi connectivity index (χ0n) is 16.7. The third-order valence-electron chi connectivity index (χ3n) is 5.00. The fourth-order valence-electron chi connectivity index (χ4n) is 3.33. The van der Waals surface area contributed by atoms with E-state index in [-0.39, 0.29) is 10.3 Å². The number of hydrogen-bond acceptors (Lipinski definition) is 5. The van der Waals surface area contributed by atoms with Crippen molar-refractivity contribution >= 4 is 43.2 Å². The summed E-state index contributed by atoms with van der Waals surface area (Å²) in [5.74, 6) is 0.626. The Kier molecular flexibility index (Phi) is 6.53. The molecule has 29 heavy (non-hydrogen) atoms. The van der Waals surface area contributed by atoms with Crippen LogP contribution in [-0.4, -0.2) is 20.5 Å². The highest BCUT2D eigenvalue weighted by Gasteiger charge is 2.24. The number of ether oxygens (including phenoxy) is 1. The topological polar surface area (TPSA) is 82.3 Å². The summed E-state index contributed by atoms with van der Waals surface area (Å²) in [5, 5.41) is 7.16. The van der Waals surface area contributed by atoms with Crippen molar-refractivity contribution < 1.29 is 13.2 Å². The Morgan fingerprint density at radius 1 is 1.17 bits per heavy atom. The molecule has 3 rings (SSSR count). The average Bonchev–Trinajstić information content (AvgIpc) is 3.08. The van der Waals surface area contributed by atoms with Crippen LogP contribution in [0.25, 0.3) is 10.2 Å². The number of aromatic nitrogens is 1. The van der Waals surface area contributed by atoms with Crippen LogP contribution in [0.2, 0.25) is 5.02 Å². The van der Waals surface area contributed by atoms with Crippen LogP contribution in [0.3, 0.4) is 0 Å². The lowest BCUT2D eigenvalue weighted by Crippen LogP contribution is -2.17. The summed E-state index contributed by atoms with van der Waals surface area (Å²) in [6.07, 6.45) is 3.34. The normalized spacial score (nSPS) is 12.4. The van der Waals surface area contributed by atoms with Gasteiger partial charge in [0.15, 0.2) is 0 Å². The van der Waals surface area contributed by atoms with E-state index in [1.165, 1.54) is 6.07 Å². The van der Waals surface area contributed by atoms with E-state index < -0.39 is 10.0 Å². The molecule has 0 fully saturated rings. The van der Waals surface area contributed by atoms with E-state index in [1.807, 2.05) is 18.2 Å². The maximum absolute atomic E-state index is 11.9. The summed E-state index contributed by atoms with van der Waals surface area (Å²) in [7, 11) is -2.20. The molecule has 0 bridgehead atoms. The van der Waals surface area contributed by atoms with Gasteiger partial charge < -0.3 is 4.74 Å². The molecule has 2 N–H and O–H groups in total. The average molecular weight is 453 g/mol. The molecule has 1 aromatic heterocycles. The summed E-state index contributed by atoms with van der Waals surface area (Å²) >= 11 is 7.76. The van der Waals surface area contributed by atoms with Crippen LogP contribution in [-0.2, 0) is 21.9 Å². The molecule has 0 saturated carbocycles. The maximum Gasteiger partial charge on any atom is 0.238 e. The summed E-state index contributed by atoms with van der Waals surface area (Å²) < 4.78 is 30.0. The van der Waals surface area contributed by atoms with Gasteiger partial charge in [0.25, 0.3) is 0 Å². The van der Waals surface area contributed by atoms with Gasteiger partial charge in [-0.25, -0.2) is 18.5 Å². The zero-order chi connectivity index (χ0) is 21.2.